The zero-order valence-electron chi connectivity index (χ0n) is 9.46. The highest BCUT2D eigenvalue weighted by atomic mass is 19.1. The molecule has 0 aliphatic heterocycles. The Kier molecular flexibility index (Phi) is 4.68. The van der Waals surface area contributed by atoms with E-state index in [0.717, 1.165) is 25.0 Å². The maximum Gasteiger partial charge on any atom is 0.168 e. The molecule has 0 aromatic heterocycles. The SMILES string of the molecule is CCCCOc1c(F)cc(F)cc1[C@H](C)O. The lowest BCUT2D eigenvalue weighted by atomic mass is 10.1. The number of halogens is 2. The normalized spacial score (nSPS) is 12.6. The van der Waals surface area contributed by atoms with Gasteiger partial charge < -0.3 is 9.84 Å². The summed E-state index contributed by atoms with van der Waals surface area (Å²) in [5.74, 6) is -1.53. The number of aliphatic hydroxyl groups excluding tert-OH is 1. The minimum atomic E-state index is -0.957. The van der Waals surface area contributed by atoms with Crippen molar-refractivity contribution in [2.24, 2.45) is 0 Å². The van der Waals surface area contributed by atoms with Gasteiger partial charge in [-0.1, -0.05) is 13.3 Å². The average molecular weight is 230 g/mol. The highest BCUT2D eigenvalue weighted by molar-refractivity contribution is 5.37. The van der Waals surface area contributed by atoms with E-state index in [0.29, 0.717) is 6.61 Å². The van der Waals surface area contributed by atoms with Crippen molar-refractivity contribution in [3.05, 3.63) is 29.3 Å². The van der Waals surface area contributed by atoms with Gasteiger partial charge in [0.1, 0.15) is 5.82 Å². The average Bonchev–Trinajstić information content (AvgIpc) is 2.20. The number of rotatable bonds is 5. The third-order valence-corrected chi connectivity index (χ3v) is 2.23. The fourth-order valence-corrected chi connectivity index (χ4v) is 1.36. The molecule has 16 heavy (non-hydrogen) atoms. The summed E-state index contributed by atoms with van der Waals surface area (Å²) >= 11 is 0. The molecule has 1 rings (SSSR count). The lowest BCUT2D eigenvalue weighted by Crippen LogP contribution is -2.05. The molecular weight excluding hydrogens is 214 g/mol. The minimum Gasteiger partial charge on any atom is -0.490 e. The van der Waals surface area contributed by atoms with Gasteiger partial charge in [-0.25, -0.2) is 8.78 Å². The van der Waals surface area contributed by atoms with Gasteiger partial charge in [0.15, 0.2) is 11.6 Å². The summed E-state index contributed by atoms with van der Waals surface area (Å²) in [7, 11) is 0. The zero-order chi connectivity index (χ0) is 12.1. The van der Waals surface area contributed by atoms with Crippen molar-refractivity contribution in [2.75, 3.05) is 6.61 Å². The molecule has 0 unspecified atom stereocenters. The molecule has 1 aromatic rings. The number of hydrogen-bond donors (Lipinski definition) is 1. The molecule has 0 aliphatic carbocycles. The first-order valence-corrected chi connectivity index (χ1v) is 5.36. The van der Waals surface area contributed by atoms with Gasteiger partial charge in [0.2, 0.25) is 0 Å². The van der Waals surface area contributed by atoms with Gasteiger partial charge in [-0.3, -0.25) is 0 Å². The van der Waals surface area contributed by atoms with E-state index < -0.39 is 17.7 Å². The van der Waals surface area contributed by atoms with Crippen LogP contribution < -0.4 is 4.74 Å². The lowest BCUT2D eigenvalue weighted by molar-refractivity contribution is 0.188. The summed E-state index contributed by atoms with van der Waals surface area (Å²) in [5.41, 5.74) is 0.147. The van der Waals surface area contributed by atoms with E-state index in [9.17, 15) is 13.9 Å². The van der Waals surface area contributed by atoms with Crippen LogP contribution in [0.3, 0.4) is 0 Å². The molecule has 0 spiro atoms. The van der Waals surface area contributed by atoms with Gasteiger partial charge in [-0.2, -0.15) is 0 Å². The van der Waals surface area contributed by atoms with E-state index in [-0.39, 0.29) is 11.3 Å². The second-order valence-corrected chi connectivity index (χ2v) is 3.68. The van der Waals surface area contributed by atoms with E-state index in [4.69, 9.17) is 4.74 Å². The van der Waals surface area contributed by atoms with Gasteiger partial charge in [-0.05, 0) is 19.4 Å². The van der Waals surface area contributed by atoms with Crippen molar-refractivity contribution in [3.8, 4) is 5.75 Å². The van der Waals surface area contributed by atoms with Crippen LogP contribution in [0.15, 0.2) is 12.1 Å². The summed E-state index contributed by atoms with van der Waals surface area (Å²) in [4.78, 5) is 0. The van der Waals surface area contributed by atoms with E-state index in [1.807, 2.05) is 6.92 Å². The first kappa shape index (κ1) is 12.9. The molecule has 0 amide bonds. The predicted octanol–water partition coefficient (Wildman–Crippen LogP) is 3.20. The Balaban J connectivity index is 2.95. The smallest absolute Gasteiger partial charge is 0.168 e. The van der Waals surface area contributed by atoms with E-state index in [2.05, 4.69) is 0 Å². The van der Waals surface area contributed by atoms with Crippen molar-refractivity contribution in [2.45, 2.75) is 32.8 Å². The first-order valence-electron chi connectivity index (χ1n) is 5.36. The molecule has 0 bridgehead atoms. The van der Waals surface area contributed by atoms with Gasteiger partial charge in [0.05, 0.1) is 12.7 Å². The maximum atomic E-state index is 13.4. The zero-order valence-corrected chi connectivity index (χ0v) is 9.46. The maximum absolute atomic E-state index is 13.4. The monoisotopic (exact) mass is 230 g/mol. The molecule has 0 fully saturated rings. The molecule has 1 N–H and O–H groups in total. The minimum absolute atomic E-state index is 0.0511. The Hall–Kier alpha value is -1.16. The van der Waals surface area contributed by atoms with Crippen molar-refractivity contribution in [3.63, 3.8) is 0 Å². The van der Waals surface area contributed by atoms with Crippen LogP contribution in [0, 0.1) is 11.6 Å². The highest BCUT2D eigenvalue weighted by Crippen LogP contribution is 2.29. The van der Waals surface area contributed by atoms with Gasteiger partial charge in [0, 0.05) is 11.6 Å². The summed E-state index contributed by atoms with van der Waals surface area (Å²) in [6, 6.07) is 1.85. The second kappa shape index (κ2) is 5.80. The number of aliphatic hydroxyl groups is 1. The number of unbranched alkanes of at least 4 members (excludes halogenated alkanes) is 1. The van der Waals surface area contributed by atoms with Crippen LogP contribution in [0.25, 0.3) is 0 Å². The summed E-state index contributed by atoms with van der Waals surface area (Å²) < 4.78 is 31.6. The molecule has 1 atom stereocenters. The predicted molar refractivity (Wildman–Crippen MR) is 57.4 cm³/mol. The van der Waals surface area contributed by atoms with Crippen LogP contribution >= 0.6 is 0 Å². The molecule has 0 saturated heterocycles. The van der Waals surface area contributed by atoms with Crippen LogP contribution in [0.4, 0.5) is 8.78 Å². The Bertz CT molecular complexity index is 351. The molecule has 90 valence electrons. The van der Waals surface area contributed by atoms with E-state index in [1.54, 1.807) is 0 Å². The van der Waals surface area contributed by atoms with Crippen molar-refractivity contribution in [1.82, 2.24) is 0 Å². The molecule has 0 saturated carbocycles. The van der Waals surface area contributed by atoms with Crippen molar-refractivity contribution >= 4 is 0 Å². The largest absolute Gasteiger partial charge is 0.490 e. The lowest BCUT2D eigenvalue weighted by Gasteiger charge is -2.14. The van der Waals surface area contributed by atoms with Crippen LogP contribution in [0.1, 0.15) is 38.4 Å². The summed E-state index contributed by atoms with van der Waals surface area (Å²) in [6.07, 6.45) is 0.755. The number of ether oxygens (including phenoxy) is 1. The fourth-order valence-electron chi connectivity index (χ4n) is 1.36. The third kappa shape index (κ3) is 3.17. The van der Waals surface area contributed by atoms with E-state index >= 15 is 0 Å². The van der Waals surface area contributed by atoms with Crippen molar-refractivity contribution in [1.29, 1.82) is 0 Å². The Morgan fingerprint density at radius 3 is 2.62 bits per heavy atom. The second-order valence-electron chi connectivity index (χ2n) is 3.68. The molecule has 0 heterocycles. The van der Waals surface area contributed by atoms with Crippen LogP contribution in [0.2, 0.25) is 0 Å². The van der Waals surface area contributed by atoms with Crippen LogP contribution in [0.5, 0.6) is 5.75 Å². The standard InChI is InChI=1S/C12H16F2O2/c1-3-4-5-16-12-10(8(2)15)6-9(13)7-11(12)14/h6-8,15H,3-5H2,1-2H3/t8-/m0/s1. The Morgan fingerprint density at radius 1 is 1.38 bits per heavy atom. The Labute approximate surface area is 93.9 Å². The quantitative estimate of drug-likeness (QED) is 0.787. The van der Waals surface area contributed by atoms with E-state index in [1.165, 1.54) is 6.92 Å². The Morgan fingerprint density at radius 2 is 2.06 bits per heavy atom. The number of benzene rings is 1. The number of hydrogen-bond acceptors (Lipinski definition) is 2. The fraction of sp³-hybridized carbons (Fsp3) is 0.500. The molecule has 0 radical (unpaired) electrons. The molecule has 0 aliphatic rings. The molecule has 1 aromatic carbocycles. The highest BCUT2D eigenvalue weighted by Gasteiger charge is 2.16. The molecule has 2 nitrogen and oxygen atoms in total. The summed E-state index contributed by atoms with van der Waals surface area (Å²) in [5, 5.41) is 9.40. The van der Waals surface area contributed by atoms with Crippen molar-refractivity contribution < 1.29 is 18.6 Å². The van der Waals surface area contributed by atoms with Gasteiger partial charge in [-0.15, -0.1) is 0 Å². The molecule has 4 heteroatoms. The molecular formula is C12H16F2O2. The topological polar surface area (TPSA) is 29.5 Å². The summed E-state index contributed by atoms with van der Waals surface area (Å²) in [6.45, 7) is 3.79. The first-order chi connectivity index (χ1) is 7.56. The van der Waals surface area contributed by atoms with Gasteiger partial charge >= 0.3 is 0 Å². The van der Waals surface area contributed by atoms with Gasteiger partial charge in [0.25, 0.3) is 0 Å². The van der Waals surface area contributed by atoms with Crippen LogP contribution in [-0.4, -0.2) is 11.7 Å². The third-order valence-electron chi connectivity index (χ3n) is 2.23. The van der Waals surface area contributed by atoms with Crippen LogP contribution in [-0.2, 0) is 0 Å².